The van der Waals surface area contributed by atoms with Gasteiger partial charge in [0.15, 0.2) is 0 Å². The van der Waals surface area contributed by atoms with Gasteiger partial charge in [-0.05, 0) is 0 Å². The van der Waals surface area contributed by atoms with Gasteiger partial charge in [0.25, 0.3) is 0 Å². The van der Waals surface area contributed by atoms with Crippen LogP contribution >= 0.6 is 0 Å². The van der Waals surface area contributed by atoms with Crippen molar-refractivity contribution in [3.8, 4) is 0 Å². The molecule has 0 saturated carbocycles. The maximum atomic E-state index is 8.06. The van der Waals surface area contributed by atoms with Crippen LogP contribution in [0.2, 0.25) is 0 Å². The van der Waals surface area contributed by atoms with E-state index in [-0.39, 0.29) is 51.3 Å². The fourth-order valence-electron chi connectivity index (χ4n) is 0. The quantitative estimate of drug-likeness (QED) is 0.406. The smallest absolute Gasteiger partial charge is 0 e. The van der Waals surface area contributed by atoms with Crippen molar-refractivity contribution in [2.24, 2.45) is 0 Å². The van der Waals surface area contributed by atoms with Crippen LogP contribution in [0, 0.1) is 0 Å². The third-order valence-electron chi connectivity index (χ3n) is 0. The zero-order valence-corrected chi connectivity index (χ0v) is 4.03. The molecule has 1 nitrogen and oxygen atoms in total. The molecular weight excluding hydrogens is 142 g/mol. The summed E-state index contributed by atoms with van der Waals surface area (Å²) in [5.74, 6) is 0. The van der Waals surface area contributed by atoms with Crippen molar-refractivity contribution < 1.29 is 41.5 Å². The summed E-state index contributed by atoms with van der Waals surface area (Å²) in [6.07, 6.45) is 0. The zero-order valence-electron chi connectivity index (χ0n) is 1.29. The van der Waals surface area contributed by atoms with Crippen molar-refractivity contribution in [1.82, 2.24) is 0 Å². The summed E-state index contributed by atoms with van der Waals surface area (Å²) in [5.41, 5.74) is 0. The molecular formula is HMnNaOTi. The second kappa shape index (κ2) is 19.8. The van der Waals surface area contributed by atoms with E-state index in [4.69, 9.17) is 3.83 Å². The van der Waals surface area contributed by atoms with E-state index in [2.05, 4.69) is 0 Å². The molecule has 4 heteroatoms. The van der Waals surface area contributed by atoms with Gasteiger partial charge in [0.05, 0.1) is 0 Å². The van der Waals surface area contributed by atoms with Gasteiger partial charge in [-0.25, -0.2) is 0 Å². The molecule has 0 saturated heterocycles. The fourth-order valence-corrected chi connectivity index (χ4v) is 0. The van der Waals surface area contributed by atoms with Crippen LogP contribution in [0.4, 0.5) is 0 Å². The molecule has 0 rings (SSSR count). The minimum Gasteiger partial charge on any atom is 0 e. The maximum Gasteiger partial charge on any atom is 0 e. The van der Waals surface area contributed by atoms with Crippen LogP contribution in [-0.4, -0.2) is 29.6 Å². The standard InChI is InChI=1S/Mn.Na.O.Ti.H. The molecule has 0 aromatic carbocycles. The van der Waals surface area contributed by atoms with Crippen molar-refractivity contribution in [2.45, 2.75) is 0 Å². The van der Waals surface area contributed by atoms with Crippen molar-refractivity contribution >= 4 is 29.6 Å². The van der Waals surface area contributed by atoms with Crippen LogP contribution in [0.25, 0.3) is 0 Å². The monoisotopic (exact) mass is 143 g/mol. The molecule has 0 atom stereocenters. The number of hydrogen-bond donors (Lipinski definition) is 0. The SMILES string of the molecule is [NaH].[O]=[Mn].[Ti]. The summed E-state index contributed by atoms with van der Waals surface area (Å²) in [5, 5.41) is 0. The van der Waals surface area contributed by atoms with Gasteiger partial charge in [-0.3, -0.25) is 0 Å². The molecule has 4 heavy (non-hydrogen) atoms. The van der Waals surface area contributed by atoms with Crippen LogP contribution in [0.15, 0.2) is 0 Å². The molecule has 0 bridgehead atoms. The predicted molar refractivity (Wildman–Crippen MR) is 7.84 cm³/mol. The fraction of sp³-hybridized carbons (Fsp3) is 0. The van der Waals surface area contributed by atoms with Crippen molar-refractivity contribution in [3.63, 3.8) is 0 Å². The van der Waals surface area contributed by atoms with Crippen molar-refractivity contribution in [1.29, 1.82) is 0 Å². The van der Waals surface area contributed by atoms with Crippen LogP contribution in [0.5, 0.6) is 0 Å². The van der Waals surface area contributed by atoms with E-state index in [1.165, 1.54) is 0 Å². The molecule has 0 N–H and O–H groups in total. The van der Waals surface area contributed by atoms with E-state index in [0.717, 1.165) is 0 Å². The first-order chi connectivity index (χ1) is 1.00. The first-order valence-corrected chi connectivity index (χ1v) is 0.636. The molecule has 0 heterocycles. The van der Waals surface area contributed by atoms with Crippen LogP contribution in [0.3, 0.4) is 0 Å². The van der Waals surface area contributed by atoms with E-state index in [0.29, 0.717) is 0 Å². The van der Waals surface area contributed by atoms with Gasteiger partial charge in [-0.2, -0.15) is 0 Å². The minimum atomic E-state index is 0. The van der Waals surface area contributed by atoms with E-state index >= 15 is 0 Å². The van der Waals surface area contributed by atoms with Crippen LogP contribution in [-0.2, 0) is 41.5 Å². The molecule has 0 amide bonds. The third kappa shape index (κ3) is 8.98. The molecule has 0 aliphatic heterocycles. The second-order valence-corrected chi connectivity index (χ2v) is 0. The topological polar surface area (TPSA) is 17.1 Å². The molecule has 0 spiro atoms. The maximum absolute atomic E-state index is 8.06. The van der Waals surface area contributed by atoms with Gasteiger partial charge >= 0.3 is 49.3 Å². The summed E-state index contributed by atoms with van der Waals surface area (Å²) in [7, 11) is 0. The van der Waals surface area contributed by atoms with Gasteiger partial charge in [0, 0.05) is 21.7 Å². The Kier molecular flexibility index (Phi) is 82.2. The largest absolute Gasteiger partial charge is 0 e. The Bertz CT molecular complexity index is 8.00. The van der Waals surface area contributed by atoms with E-state index < -0.39 is 0 Å². The average Bonchev–Trinajstić information content (AvgIpc) is 1.00. The average molecular weight is 143 g/mol. The van der Waals surface area contributed by atoms with Gasteiger partial charge in [0.1, 0.15) is 0 Å². The molecule has 0 fully saturated rings. The summed E-state index contributed by atoms with van der Waals surface area (Å²) < 4.78 is 8.06. The van der Waals surface area contributed by atoms with E-state index in [1.807, 2.05) is 0 Å². The molecule has 0 aromatic heterocycles. The molecule has 0 radical (unpaired) electrons. The Morgan fingerprint density at radius 1 is 1.25 bits per heavy atom. The Morgan fingerprint density at radius 3 is 1.25 bits per heavy atom. The van der Waals surface area contributed by atoms with E-state index in [9.17, 15) is 0 Å². The van der Waals surface area contributed by atoms with Gasteiger partial charge < -0.3 is 0 Å². The van der Waals surface area contributed by atoms with Gasteiger partial charge in [-0.15, -0.1) is 0 Å². The second-order valence-electron chi connectivity index (χ2n) is 0. The molecule has 0 aromatic rings. The Labute approximate surface area is 70.1 Å². The van der Waals surface area contributed by atoms with E-state index in [1.54, 1.807) is 15.9 Å². The first kappa shape index (κ1) is 16.6. The van der Waals surface area contributed by atoms with Gasteiger partial charge in [-0.1, -0.05) is 0 Å². The molecule has 19 valence electrons. The summed E-state index contributed by atoms with van der Waals surface area (Å²) in [6.45, 7) is 0. The Hall–Kier alpha value is 2.03. The molecule has 0 aliphatic rings. The Balaban J connectivity index is -0.00000000500. The molecule has 0 aliphatic carbocycles. The minimum absolute atomic E-state index is 0. The van der Waals surface area contributed by atoms with Crippen LogP contribution < -0.4 is 0 Å². The molecule has 0 unspecified atom stereocenters. The first-order valence-electron chi connectivity index (χ1n) is 0.154. The van der Waals surface area contributed by atoms with Gasteiger partial charge in [0.2, 0.25) is 0 Å². The number of rotatable bonds is 0. The van der Waals surface area contributed by atoms with Crippen molar-refractivity contribution in [3.05, 3.63) is 0 Å². The third-order valence-corrected chi connectivity index (χ3v) is 0. The Morgan fingerprint density at radius 2 is 1.25 bits per heavy atom. The predicted octanol–water partition coefficient (Wildman–Crippen LogP) is -0.772. The number of hydrogen-bond acceptors (Lipinski definition) is 1. The van der Waals surface area contributed by atoms with Crippen molar-refractivity contribution in [2.75, 3.05) is 0 Å². The summed E-state index contributed by atoms with van der Waals surface area (Å²) >= 11 is 1.69. The van der Waals surface area contributed by atoms with Crippen LogP contribution in [0.1, 0.15) is 0 Å². The summed E-state index contributed by atoms with van der Waals surface area (Å²) in [4.78, 5) is 0. The summed E-state index contributed by atoms with van der Waals surface area (Å²) in [6, 6.07) is 0. The normalized spacial score (nSPS) is 1.00. The zero-order chi connectivity index (χ0) is 2.00.